The lowest BCUT2D eigenvalue weighted by molar-refractivity contribution is 0.0692. The van der Waals surface area contributed by atoms with Crippen molar-refractivity contribution >= 4 is 27.3 Å². The van der Waals surface area contributed by atoms with Crippen LogP contribution in [0, 0.1) is 0 Å². The van der Waals surface area contributed by atoms with Crippen LogP contribution in [0.15, 0.2) is 28.7 Å². The van der Waals surface area contributed by atoms with Crippen LogP contribution in [0.5, 0.6) is 0 Å². The Morgan fingerprint density at radius 3 is 2.96 bits per heavy atom. The maximum atomic E-state index is 12.9. The van der Waals surface area contributed by atoms with E-state index in [9.17, 15) is 18.3 Å². The average molecular weight is 381 g/mol. The molecule has 134 valence electrons. The Kier molecular flexibility index (Phi) is 5.19. The van der Waals surface area contributed by atoms with Crippen LogP contribution in [0.1, 0.15) is 45.7 Å². The number of nitrogens with zero attached hydrogens (tertiary/aromatic N) is 1. The smallest absolute Gasteiger partial charge is 0.338 e. The molecule has 0 bridgehead atoms. The number of carboxylic acid groups (broad SMARTS) is 1. The SMILES string of the molecule is CC[C@H](NS(=O)(=O)c1sc2c(c1C(=O)O)CCNC2)c1cccnc1. The highest BCUT2D eigenvalue weighted by Crippen LogP contribution is 2.35. The molecule has 0 saturated heterocycles. The monoisotopic (exact) mass is 381 g/mol. The van der Waals surface area contributed by atoms with Gasteiger partial charge in [0, 0.05) is 29.9 Å². The Hall–Kier alpha value is -1.81. The van der Waals surface area contributed by atoms with E-state index in [-0.39, 0.29) is 9.77 Å². The average Bonchev–Trinajstić information content (AvgIpc) is 3.01. The van der Waals surface area contributed by atoms with E-state index < -0.39 is 22.0 Å². The summed E-state index contributed by atoms with van der Waals surface area (Å²) in [6.45, 7) is 3.00. The third kappa shape index (κ3) is 3.59. The summed E-state index contributed by atoms with van der Waals surface area (Å²) in [4.78, 5) is 16.5. The first-order valence-corrected chi connectivity index (χ1v) is 10.2. The molecule has 7 nitrogen and oxygen atoms in total. The molecule has 3 N–H and O–H groups in total. The molecule has 0 amide bonds. The first-order valence-electron chi connectivity index (χ1n) is 7.94. The lowest BCUT2D eigenvalue weighted by Gasteiger charge is -2.17. The van der Waals surface area contributed by atoms with Gasteiger partial charge >= 0.3 is 5.97 Å². The van der Waals surface area contributed by atoms with Gasteiger partial charge in [-0.15, -0.1) is 11.3 Å². The molecule has 0 unspecified atom stereocenters. The Morgan fingerprint density at radius 2 is 2.32 bits per heavy atom. The van der Waals surface area contributed by atoms with E-state index >= 15 is 0 Å². The van der Waals surface area contributed by atoms with Gasteiger partial charge in [0.1, 0.15) is 4.21 Å². The Morgan fingerprint density at radius 1 is 1.52 bits per heavy atom. The molecule has 0 spiro atoms. The van der Waals surface area contributed by atoms with Crippen molar-refractivity contribution in [2.45, 2.75) is 36.6 Å². The molecule has 3 rings (SSSR count). The summed E-state index contributed by atoms with van der Waals surface area (Å²) in [6, 6.07) is 3.08. The molecule has 0 radical (unpaired) electrons. The molecule has 2 aromatic rings. The molecule has 0 aliphatic carbocycles. The van der Waals surface area contributed by atoms with Crippen molar-refractivity contribution in [3.05, 3.63) is 46.1 Å². The van der Waals surface area contributed by atoms with Gasteiger partial charge in [-0.1, -0.05) is 13.0 Å². The number of aromatic nitrogens is 1. The van der Waals surface area contributed by atoms with Crippen LogP contribution in [0.2, 0.25) is 0 Å². The van der Waals surface area contributed by atoms with Gasteiger partial charge in [0.05, 0.1) is 5.56 Å². The summed E-state index contributed by atoms with van der Waals surface area (Å²) in [5.41, 5.74) is 1.29. The first-order chi connectivity index (χ1) is 11.9. The summed E-state index contributed by atoms with van der Waals surface area (Å²) in [5, 5.41) is 12.7. The number of aromatic carboxylic acids is 1. The number of carboxylic acids is 1. The van der Waals surface area contributed by atoms with Crippen LogP contribution < -0.4 is 10.0 Å². The molecule has 3 heterocycles. The molecule has 9 heteroatoms. The zero-order valence-corrected chi connectivity index (χ0v) is 15.3. The number of pyridine rings is 1. The standard InChI is InChI=1S/C16H19N3O4S2/c1-2-12(10-4-3-6-17-8-10)19-25(22,23)16-14(15(20)21)11-5-7-18-9-13(11)24-16/h3-4,6,8,12,18-19H,2,5,7,9H2,1H3,(H,20,21)/t12-/m0/s1. The van der Waals surface area contributed by atoms with Crippen molar-refractivity contribution in [2.24, 2.45) is 0 Å². The van der Waals surface area contributed by atoms with Crippen molar-refractivity contribution in [3.8, 4) is 0 Å². The number of thiophene rings is 1. The first kappa shape index (κ1) is 18.0. The predicted octanol–water partition coefficient (Wildman–Crippen LogP) is 1.92. The van der Waals surface area contributed by atoms with E-state index in [1.807, 2.05) is 6.92 Å². The zero-order chi connectivity index (χ0) is 18.0. The van der Waals surface area contributed by atoms with E-state index in [0.29, 0.717) is 31.5 Å². The van der Waals surface area contributed by atoms with Crippen LogP contribution in [-0.4, -0.2) is 31.0 Å². The second kappa shape index (κ2) is 7.20. The minimum atomic E-state index is -3.96. The molecule has 2 aromatic heterocycles. The Balaban J connectivity index is 2.00. The third-order valence-electron chi connectivity index (χ3n) is 4.15. The van der Waals surface area contributed by atoms with Crippen molar-refractivity contribution in [2.75, 3.05) is 6.54 Å². The van der Waals surface area contributed by atoms with Gasteiger partial charge < -0.3 is 10.4 Å². The lowest BCUT2D eigenvalue weighted by Crippen LogP contribution is -2.29. The van der Waals surface area contributed by atoms with Gasteiger partial charge in [0.15, 0.2) is 0 Å². The van der Waals surface area contributed by atoms with E-state index in [4.69, 9.17) is 0 Å². The zero-order valence-electron chi connectivity index (χ0n) is 13.7. The Labute approximate surface area is 150 Å². The van der Waals surface area contributed by atoms with Gasteiger partial charge in [-0.25, -0.2) is 17.9 Å². The van der Waals surface area contributed by atoms with Crippen molar-refractivity contribution < 1.29 is 18.3 Å². The van der Waals surface area contributed by atoms with E-state index in [0.717, 1.165) is 21.8 Å². The fourth-order valence-electron chi connectivity index (χ4n) is 2.93. The minimum absolute atomic E-state index is 0.0879. The molecule has 25 heavy (non-hydrogen) atoms. The van der Waals surface area contributed by atoms with E-state index in [2.05, 4.69) is 15.0 Å². The molecule has 1 atom stereocenters. The summed E-state index contributed by atoms with van der Waals surface area (Å²) in [7, 11) is -3.96. The molecule has 0 aromatic carbocycles. The highest BCUT2D eigenvalue weighted by Gasteiger charge is 2.33. The van der Waals surface area contributed by atoms with Crippen LogP contribution >= 0.6 is 11.3 Å². The van der Waals surface area contributed by atoms with Crippen LogP contribution in [0.25, 0.3) is 0 Å². The molecular weight excluding hydrogens is 362 g/mol. The van der Waals surface area contributed by atoms with E-state index in [1.165, 1.54) is 0 Å². The largest absolute Gasteiger partial charge is 0.478 e. The summed E-state index contributed by atoms with van der Waals surface area (Å²) < 4.78 is 28.4. The number of sulfonamides is 1. The fraction of sp³-hybridized carbons (Fsp3) is 0.375. The van der Waals surface area contributed by atoms with Gasteiger partial charge in [-0.2, -0.15) is 0 Å². The predicted molar refractivity (Wildman–Crippen MR) is 94.3 cm³/mol. The molecule has 0 saturated carbocycles. The maximum Gasteiger partial charge on any atom is 0.338 e. The number of rotatable bonds is 6. The van der Waals surface area contributed by atoms with E-state index in [1.54, 1.807) is 24.5 Å². The number of hydrogen-bond donors (Lipinski definition) is 3. The highest BCUT2D eigenvalue weighted by molar-refractivity contribution is 7.91. The molecule has 0 fully saturated rings. The van der Waals surface area contributed by atoms with Crippen molar-refractivity contribution in [1.82, 2.24) is 15.0 Å². The summed E-state index contributed by atoms with van der Waals surface area (Å²) >= 11 is 1.04. The molecule has 1 aliphatic rings. The normalized spacial score (nSPS) is 15.6. The van der Waals surface area contributed by atoms with Crippen LogP contribution in [0.3, 0.4) is 0 Å². The fourth-order valence-corrected chi connectivity index (χ4v) is 6.11. The highest BCUT2D eigenvalue weighted by atomic mass is 32.2. The minimum Gasteiger partial charge on any atom is -0.478 e. The number of carbonyl (C=O) groups is 1. The second-order valence-corrected chi connectivity index (χ2v) is 8.78. The van der Waals surface area contributed by atoms with Gasteiger partial charge in [-0.05, 0) is 36.6 Å². The van der Waals surface area contributed by atoms with Crippen LogP contribution in [-0.2, 0) is 23.0 Å². The number of fused-ring (bicyclic) bond motifs is 1. The van der Waals surface area contributed by atoms with Crippen molar-refractivity contribution in [3.63, 3.8) is 0 Å². The van der Waals surface area contributed by atoms with Gasteiger partial charge in [0.25, 0.3) is 10.0 Å². The number of nitrogens with one attached hydrogen (secondary N) is 2. The summed E-state index contributed by atoms with van der Waals surface area (Å²) in [5.74, 6) is -1.20. The maximum absolute atomic E-state index is 12.9. The molecule has 1 aliphatic heterocycles. The quantitative estimate of drug-likeness (QED) is 0.705. The Bertz CT molecular complexity index is 878. The summed E-state index contributed by atoms with van der Waals surface area (Å²) in [6.07, 6.45) is 4.27. The van der Waals surface area contributed by atoms with Crippen molar-refractivity contribution in [1.29, 1.82) is 0 Å². The van der Waals surface area contributed by atoms with Gasteiger partial charge in [0.2, 0.25) is 0 Å². The van der Waals surface area contributed by atoms with Crippen LogP contribution in [0.4, 0.5) is 0 Å². The molecular formula is C16H19N3O4S2. The topological polar surface area (TPSA) is 108 Å². The lowest BCUT2D eigenvalue weighted by atomic mass is 10.1. The second-order valence-electron chi connectivity index (χ2n) is 5.77. The number of hydrogen-bond acceptors (Lipinski definition) is 6. The third-order valence-corrected chi connectivity index (χ3v) is 7.37. The van der Waals surface area contributed by atoms with Gasteiger partial charge in [-0.3, -0.25) is 4.98 Å².